The molecule has 1 fully saturated rings. The van der Waals surface area contributed by atoms with E-state index in [0.29, 0.717) is 0 Å². The zero-order valence-corrected chi connectivity index (χ0v) is 10.3. The number of nitrogens with one attached hydrogen (secondary N) is 2. The lowest BCUT2D eigenvalue weighted by Gasteiger charge is -2.05. The van der Waals surface area contributed by atoms with E-state index in [2.05, 4.69) is 15.8 Å². The van der Waals surface area contributed by atoms with Crippen LogP contribution in [0.1, 0.15) is 25.7 Å². The quantitative estimate of drug-likeness (QED) is 0.631. The molecule has 1 aromatic rings. The molecule has 19 heavy (non-hydrogen) atoms. The lowest BCUT2D eigenvalue weighted by atomic mass is 10.3. The van der Waals surface area contributed by atoms with Crippen LogP contribution in [0.4, 0.5) is 10.1 Å². The van der Waals surface area contributed by atoms with Gasteiger partial charge in [0.15, 0.2) is 0 Å². The van der Waals surface area contributed by atoms with E-state index in [1.165, 1.54) is 18.2 Å². The summed E-state index contributed by atoms with van der Waals surface area (Å²) in [5.41, 5.74) is 3.03. The molecule has 0 saturated heterocycles. The number of carbonyl (C=O) groups excluding carboxylic acids is 2. The number of hydrogen-bond donors (Lipinski definition) is 2. The molecular formula is C13H14FN3O2. The lowest BCUT2D eigenvalue weighted by molar-refractivity contribution is -0.136. The Bertz CT molecular complexity index is 520. The number of amides is 2. The number of para-hydroxylation sites is 1. The highest BCUT2D eigenvalue weighted by Crippen LogP contribution is 2.14. The topological polar surface area (TPSA) is 70.6 Å². The summed E-state index contributed by atoms with van der Waals surface area (Å²) < 4.78 is 13.3. The van der Waals surface area contributed by atoms with Gasteiger partial charge in [0.2, 0.25) is 0 Å². The Morgan fingerprint density at radius 2 is 1.79 bits per heavy atom. The normalized spacial score (nSPS) is 14.1. The number of carbonyl (C=O) groups is 2. The van der Waals surface area contributed by atoms with Crippen molar-refractivity contribution in [3.05, 3.63) is 30.1 Å². The van der Waals surface area contributed by atoms with Gasteiger partial charge in [-0.15, -0.1) is 0 Å². The van der Waals surface area contributed by atoms with E-state index in [-0.39, 0.29) is 5.69 Å². The van der Waals surface area contributed by atoms with Gasteiger partial charge < -0.3 is 5.32 Å². The van der Waals surface area contributed by atoms with Crippen molar-refractivity contribution >= 4 is 23.2 Å². The first-order valence-corrected chi connectivity index (χ1v) is 6.08. The summed E-state index contributed by atoms with van der Waals surface area (Å²) >= 11 is 0. The van der Waals surface area contributed by atoms with Gasteiger partial charge in [0.05, 0.1) is 5.69 Å². The Labute approximate surface area is 109 Å². The smallest absolute Gasteiger partial charge is 0.315 e. The molecule has 0 aromatic heterocycles. The van der Waals surface area contributed by atoms with Gasteiger partial charge in [-0.25, -0.2) is 9.82 Å². The predicted molar refractivity (Wildman–Crippen MR) is 69.1 cm³/mol. The molecule has 5 nitrogen and oxygen atoms in total. The molecule has 100 valence electrons. The molecule has 1 aromatic carbocycles. The molecule has 0 unspecified atom stereocenters. The molecule has 0 bridgehead atoms. The Balaban J connectivity index is 1.91. The van der Waals surface area contributed by atoms with Gasteiger partial charge in [0, 0.05) is 5.71 Å². The SMILES string of the molecule is O=C(NN=C1CCCC1)C(=O)Nc1ccccc1F. The van der Waals surface area contributed by atoms with Crippen LogP contribution >= 0.6 is 0 Å². The van der Waals surface area contributed by atoms with Crippen molar-refractivity contribution in [2.45, 2.75) is 25.7 Å². The second-order valence-electron chi connectivity index (χ2n) is 4.26. The van der Waals surface area contributed by atoms with Gasteiger partial charge in [-0.1, -0.05) is 12.1 Å². The van der Waals surface area contributed by atoms with Crippen molar-refractivity contribution in [2.75, 3.05) is 5.32 Å². The van der Waals surface area contributed by atoms with Crippen molar-refractivity contribution in [3.8, 4) is 0 Å². The summed E-state index contributed by atoms with van der Waals surface area (Å²) in [4.78, 5) is 23.0. The summed E-state index contributed by atoms with van der Waals surface area (Å²) in [6, 6.07) is 5.64. The Hall–Kier alpha value is -2.24. The van der Waals surface area contributed by atoms with Gasteiger partial charge in [-0.3, -0.25) is 9.59 Å². The highest BCUT2D eigenvalue weighted by molar-refractivity contribution is 6.39. The summed E-state index contributed by atoms with van der Waals surface area (Å²) in [7, 11) is 0. The first kappa shape index (κ1) is 13.2. The fraction of sp³-hybridized carbons (Fsp3) is 0.308. The van der Waals surface area contributed by atoms with Gasteiger partial charge in [-0.05, 0) is 37.8 Å². The average molecular weight is 263 g/mol. The number of anilines is 1. The molecule has 2 N–H and O–H groups in total. The molecule has 1 aliphatic carbocycles. The number of hydrogen-bond acceptors (Lipinski definition) is 3. The van der Waals surface area contributed by atoms with Crippen molar-refractivity contribution in [1.82, 2.24) is 5.43 Å². The maximum atomic E-state index is 13.3. The minimum absolute atomic E-state index is 0.0313. The largest absolute Gasteiger partial charge is 0.329 e. The second-order valence-corrected chi connectivity index (χ2v) is 4.26. The Morgan fingerprint density at radius 3 is 2.47 bits per heavy atom. The molecule has 6 heteroatoms. The van der Waals surface area contributed by atoms with Crippen molar-refractivity contribution in [3.63, 3.8) is 0 Å². The van der Waals surface area contributed by atoms with E-state index in [4.69, 9.17) is 0 Å². The van der Waals surface area contributed by atoms with Crippen LogP contribution in [0.5, 0.6) is 0 Å². The van der Waals surface area contributed by atoms with Crippen molar-refractivity contribution in [2.24, 2.45) is 5.10 Å². The van der Waals surface area contributed by atoms with E-state index >= 15 is 0 Å². The van der Waals surface area contributed by atoms with Gasteiger partial charge in [0.25, 0.3) is 0 Å². The number of halogens is 1. The minimum atomic E-state index is -0.938. The van der Waals surface area contributed by atoms with E-state index in [0.717, 1.165) is 31.4 Å². The fourth-order valence-electron chi connectivity index (χ4n) is 1.82. The first-order chi connectivity index (χ1) is 9.16. The third kappa shape index (κ3) is 3.61. The monoisotopic (exact) mass is 263 g/mol. The van der Waals surface area contributed by atoms with Gasteiger partial charge in [0.1, 0.15) is 5.82 Å². The zero-order chi connectivity index (χ0) is 13.7. The minimum Gasteiger partial charge on any atom is -0.315 e. The summed E-state index contributed by atoms with van der Waals surface area (Å²) in [6.45, 7) is 0. The van der Waals surface area contributed by atoms with E-state index in [1.807, 2.05) is 0 Å². The van der Waals surface area contributed by atoms with Crippen LogP contribution in [0.2, 0.25) is 0 Å². The highest BCUT2D eigenvalue weighted by Gasteiger charge is 2.16. The summed E-state index contributed by atoms with van der Waals surface area (Å²) in [5, 5.41) is 6.06. The van der Waals surface area contributed by atoms with Crippen LogP contribution in [0, 0.1) is 5.82 Å². The van der Waals surface area contributed by atoms with E-state index < -0.39 is 17.6 Å². The summed E-state index contributed by atoms with van der Waals surface area (Å²) in [6.07, 6.45) is 3.79. The summed E-state index contributed by atoms with van der Waals surface area (Å²) in [5.74, 6) is -2.43. The first-order valence-electron chi connectivity index (χ1n) is 6.08. The predicted octanol–water partition coefficient (Wildman–Crippen LogP) is 1.81. The highest BCUT2D eigenvalue weighted by atomic mass is 19.1. The molecule has 0 heterocycles. The number of hydrazone groups is 1. The number of nitrogens with zero attached hydrogens (tertiary/aromatic N) is 1. The standard InChI is InChI=1S/C13H14FN3O2/c14-10-7-3-4-8-11(10)15-12(18)13(19)17-16-9-5-1-2-6-9/h3-4,7-8H,1-2,5-6H2,(H,15,18)(H,17,19). The Kier molecular flexibility index (Phi) is 4.22. The van der Waals surface area contributed by atoms with Crippen LogP contribution in [-0.2, 0) is 9.59 Å². The van der Waals surface area contributed by atoms with Crippen LogP contribution in [0.3, 0.4) is 0 Å². The number of benzene rings is 1. The Morgan fingerprint density at radius 1 is 1.11 bits per heavy atom. The molecule has 0 atom stereocenters. The van der Waals surface area contributed by atoms with E-state index in [9.17, 15) is 14.0 Å². The van der Waals surface area contributed by atoms with Gasteiger partial charge >= 0.3 is 11.8 Å². The fourth-order valence-corrected chi connectivity index (χ4v) is 1.82. The zero-order valence-electron chi connectivity index (χ0n) is 10.3. The average Bonchev–Trinajstić information content (AvgIpc) is 2.91. The molecule has 0 aliphatic heterocycles. The van der Waals surface area contributed by atoms with Crippen molar-refractivity contribution < 1.29 is 14.0 Å². The van der Waals surface area contributed by atoms with Crippen LogP contribution in [0.25, 0.3) is 0 Å². The lowest BCUT2D eigenvalue weighted by Crippen LogP contribution is -2.33. The maximum Gasteiger partial charge on any atom is 0.329 e. The molecule has 0 radical (unpaired) electrons. The molecule has 1 saturated carbocycles. The maximum absolute atomic E-state index is 13.3. The molecule has 2 amide bonds. The van der Waals surface area contributed by atoms with Crippen LogP contribution in [-0.4, -0.2) is 17.5 Å². The molecule has 1 aliphatic rings. The molecule has 2 rings (SSSR count). The van der Waals surface area contributed by atoms with Gasteiger partial charge in [-0.2, -0.15) is 5.10 Å². The third-order valence-electron chi connectivity index (χ3n) is 2.82. The third-order valence-corrected chi connectivity index (χ3v) is 2.82. The molecular weight excluding hydrogens is 249 g/mol. The van der Waals surface area contributed by atoms with E-state index in [1.54, 1.807) is 6.07 Å². The van der Waals surface area contributed by atoms with Crippen LogP contribution in [0.15, 0.2) is 29.4 Å². The second kappa shape index (κ2) is 6.08. The number of rotatable bonds is 2. The molecule has 0 spiro atoms. The van der Waals surface area contributed by atoms with Crippen molar-refractivity contribution in [1.29, 1.82) is 0 Å². The van der Waals surface area contributed by atoms with Crippen LogP contribution < -0.4 is 10.7 Å².